The van der Waals surface area contributed by atoms with E-state index in [0.717, 1.165) is 26.1 Å². The Labute approximate surface area is 98.7 Å². The molecule has 0 aromatic heterocycles. The molecule has 0 fully saturated rings. The highest BCUT2D eigenvalue weighted by atomic mass is 15.1. The van der Waals surface area contributed by atoms with Gasteiger partial charge in [0.1, 0.15) is 5.84 Å². The van der Waals surface area contributed by atoms with Crippen LogP contribution in [0, 0.1) is 0 Å². The Morgan fingerprint density at radius 2 is 2.12 bits per heavy atom. The van der Waals surface area contributed by atoms with Gasteiger partial charge in [0.2, 0.25) is 0 Å². The Kier molecular flexibility index (Phi) is 8.48. The molecule has 0 heterocycles. The maximum Gasteiger partial charge on any atom is 0.122 e. The van der Waals surface area contributed by atoms with E-state index in [1.807, 2.05) is 6.20 Å². The van der Waals surface area contributed by atoms with Crippen LogP contribution in [0.4, 0.5) is 0 Å². The van der Waals surface area contributed by atoms with Crippen molar-refractivity contribution in [3.8, 4) is 0 Å². The lowest BCUT2D eigenvalue weighted by Crippen LogP contribution is -2.31. The van der Waals surface area contributed by atoms with Crippen molar-refractivity contribution in [2.24, 2.45) is 16.5 Å². The van der Waals surface area contributed by atoms with Gasteiger partial charge in [-0.25, -0.2) is 4.99 Å². The molecule has 16 heavy (non-hydrogen) atoms. The number of nitrogens with zero attached hydrogens (tertiary/aromatic N) is 2. The minimum absolute atomic E-state index is 0.452. The van der Waals surface area contributed by atoms with Gasteiger partial charge < -0.3 is 11.5 Å². The largest absolute Gasteiger partial charge is 0.384 e. The van der Waals surface area contributed by atoms with Crippen molar-refractivity contribution < 1.29 is 0 Å². The number of hydrogen-bond donors (Lipinski definition) is 2. The zero-order valence-corrected chi connectivity index (χ0v) is 10.4. The van der Waals surface area contributed by atoms with E-state index in [9.17, 15) is 0 Å². The molecule has 0 unspecified atom stereocenters. The Balaban J connectivity index is 4.42. The summed E-state index contributed by atoms with van der Waals surface area (Å²) < 4.78 is 0. The normalized spacial score (nSPS) is 13.2. The predicted octanol–water partition coefficient (Wildman–Crippen LogP) is 1.10. The maximum absolute atomic E-state index is 5.55. The molecule has 0 saturated heterocycles. The lowest BCUT2D eigenvalue weighted by atomic mass is 10.2. The van der Waals surface area contributed by atoms with Crippen LogP contribution >= 0.6 is 0 Å². The first-order chi connectivity index (χ1) is 7.67. The van der Waals surface area contributed by atoms with Crippen LogP contribution in [0.3, 0.4) is 0 Å². The van der Waals surface area contributed by atoms with Crippen molar-refractivity contribution in [3.05, 3.63) is 24.4 Å². The van der Waals surface area contributed by atoms with Gasteiger partial charge in [0.15, 0.2) is 0 Å². The van der Waals surface area contributed by atoms with Gasteiger partial charge in [-0.2, -0.15) is 0 Å². The summed E-state index contributed by atoms with van der Waals surface area (Å²) >= 11 is 0. The third kappa shape index (κ3) is 6.37. The molecule has 0 aromatic rings. The molecule has 4 heteroatoms. The molecule has 0 aliphatic rings. The highest BCUT2D eigenvalue weighted by Crippen LogP contribution is 2.04. The third-order valence-electron chi connectivity index (χ3n) is 2.38. The first-order valence-electron chi connectivity index (χ1n) is 5.73. The van der Waals surface area contributed by atoms with Crippen LogP contribution in [0.5, 0.6) is 0 Å². The van der Waals surface area contributed by atoms with E-state index in [2.05, 4.69) is 30.3 Å². The van der Waals surface area contributed by atoms with Crippen LogP contribution in [0.25, 0.3) is 0 Å². The van der Waals surface area contributed by atoms with Gasteiger partial charge in [-0.15, -0.1) is 0 Å². The van der Waals surface area contributed by atoms with Gasteiger partial charge in [0, 0.05) is 25.8 Å². The number of amidine groups is 1. The molecule has 0 radical (unpaired) electrons. The van der Waals surface area contributed by atoms with Crippen molar-refractivity contribution in [1.82, 2.24) is 4.90 Å². The van der Waals surface area contributed by atoms with Crippen LogP contribution in [-0.4, -0.2) is 36.9 Å². The van der Waals surface area contributed by atoms with Crippen LogP contribution in [0.1, 0.15) is 20.3 Å². The molecular weight excluding hydrogens is 200 g/mol. The van der Waals surface area contributed by atoms with Gasteiger partial charge in [0.25, 0.3) is 0 Å². The van der Waals surface area contributed by atoms with Crippen molar-refractivity contribution in [3.63, 3.8) is 0 Å². The smallest absolute Gasteiger partial charge is 0.122 e. The van der Waals surface area contributed by atoms with Crippen molar-refractivity contribution in [2.75, 3.05) is 26.2 Å². The second-order valence-electron chi connectivity index (χ2n) is 3.56. The summed E-state index contributed by atoms with van der Waals surface area (Å²) in [5.74, 6) is 0.452. The standard InChI is InChI=1S/C12H24N4/c1-4-11(9-15-12(14)5-2)10-16(6-3)8-7-13/h5,9H,2,4,6-8,10,13H2,1,3H3,(H2,14,15)/b11-9+. The lowest BCUT2D eigenvalue weighted by Gasteiger charge is -2.20. The van der Waals surface area contributed by atoms with E-state index in [1.54, 1.807) is 6.08 Å². The molecule has 0 bridgehead atoms. The van der Waals surface area contributed by atoms with Crippen LogP contribution in [-0.2, 0) is 0 Å². The first kappa shape index (κ1) is 14.9. The lowest BCUT2D eigenvalue weighted by molar-refractivity contribution is 0.318. The summed E-state index contributed by atoms with van der Waals surface area (Å²) in [6.07, 6.45) is 4.34. The number of nitrogens with two attached hydrogens (primary N) is 2. The number of rotatable bonds is 8. The van der Waals surface area contributed by atoms with E-state index >= 15 is 0 Å². The summed E-state index contributed by atoms with van der Waals surface area (Å²) in [6.45, 7) is 11.3. The van der Waals surface area contributed by atoms with E-state index in [4.69, 9.17) is 11.5 Å². The zero-order chi connectivity index (χ0) is 12.4. The van der Waals surface area contributed by atoms with E-state index in [1.165, 1.54) is 5.57 Å². The zero-order valence-electron chi connectivity index (χ0n) is 10.4. The molecule has 92 valence electrons. The minimum atomic E-state index is 0.452. The Bertz CT molecular complexity index is 256. The molecule has 4 N–H and O–H groups in total. The molecule has 0 rings (SSSR count). The molecule has 0 atom stereocenters. The SMILES string of the molecule is C=CC(N)=N/C=C(\CC)CN(CC)CCN. The van der Waals surface area contributed by atoms with E-state index in [-0.39, 0.29) is 0 Å². The monoisotopic (exact) mass is 224 g/mol. The highest BCUT2D eigenvalue weighted by Gasteiger charge is 2.03. The van der Waals surface area contributed by atoms with Gasteiger partial charge in [-0.1, -0.05) is 20.4 Å². The fraction of sp³-hybridized carbons (Fsp3) is 0.583. The highest BCUT2D eigenvalue weighted by molar-refractivity contribution is 5.91. The fourth-order valence-corrected chi connectivity index (χ4v) is 1.28. The molecule has 0 saturated carbocycles. The Hall–Kier alpha value is -1.13. The summed E-state index contributed by atoms with van der Waals surface area (Å²) in [4.78, 5) is 6.40. The van der Waals surface area contributed by atoms with Gasteiger partial charge in [-0.05, 0) is 24.6 Å². The quantitative estimate of drug-likeness (QED) is 0.479. The molecule has 0 aliphatic heterocycles. The van der Waals surface area contributed by atoms with E-state index in [0.29, 0.717) is 12.4 Å². The average molecular weight is 224 g/mol. The maximum atomic E-state index is 5.55. The average Bonchev–Trinajstić information content (AvgIpc) is 2.32. The molecule has 0 aliphatic carbocycles. The van der Waals surface area contributed by atoms with Crippen LogP contribution in [0.2, 0.25) is 0 Å². The van der Waals surface area contributed by atoms with Crippen molar-refractivity contribution in [2.45, 2.75) is 20.3 Å². The summed E-state index contributed by atoms with van der Waals surface area (Å²) in [5, 5.41) is 0. The Morgan fingerprint density at radius 3 is 2.56 bits per heavy atom. The second kappa shape index (κ2) is 9.12. The molecule has 0 amide bonds. The van der Waals surface area contributed by atoms with Crippen molar-refractivity contribution >= 4 is 5.84 Å². The predicted molar refractivity (Wildman–Crippen MR) is 71.4 cm³/mol. The number of likely N-dealkylation sites (N-methyl/N-ethyl adjacent to an activating group) is 1. The van der Waals surface area contributed by atoms with E-state index < -0.39 is 0 Å². The summed E-state index contributed by atoms with van der Waals surface area (Å²) in [7, 11) is 0. The summed E-state index contributed by atoms with van der Waals surface area (Å²) in [5.41, 5.74) is 12.3. The fourth-order valence-electron chi connectivity index (χ4n) is 1.28. The van der Waals surface area contributed by atoms with Crippen LogP contribution < -0.4 is 11.5 Å². The topological polar surface area (TPSA) is 67.6 Å². The molecule has 0 spiro atoms. The summed E-state index contributed by atoms with van der Waals surface area (Å²) in [6, 6.07) is 0. The van der Waals surface area contributed by atoms with Gasteiger partial charge in [0.05, 0.1) is 0 Å². The second-order valence-corrected chi connectivity index (χ2v) is 3.56. The van der Waals surface area contributed by atoms with Crippen LogP contribution in [0.15, 0.2) is 29.4 Å². The molecule has 4 nitrogen and oxygen atoms in total. The molecule has 0 aromatic carbocycles. The number of hydrogen-bond acceptors (Lipinski definition) is 3. The molecular formula is C12H24N4. The third-order valence-corrected chi connectivity index (χ3v) is 2.38. The van der Waals surface area contributed by atoms with Gasteiger partial charge in [-0.3, -0.25) is 4.90 Å². The van der Waals surface area contributed by atoms with Gasteiger partial charge >= 0.3 is 0 Å². The van der Waals surface area contributed by atoms with Crippen molar-refractivity contribution in [1.29, 1.82) is 0 Å². The number of aliphatic imine (C=N–C) groups is 1. The first-order valence-corrected chi connectivity index (χ1v) is 5.73. The minimum Gasteiger partial charge on any atom is -0.384 e. The Morgan fingerprint density at radius 1 is 1.44 bits per heavy atom.